The van der Waals surface area contributed by atoms with Gasteiger partial charge in [-0.05, 0) is 73.0 Å². The summed E-state index contributed by atoms with van der Waals surface area (Å²) in [6.07, 6.45) is 4.76. The lowest BCUT2D eigenvalue weighted by Crippen LogP contribution is -2.35. The molecule has 0 spiro atoms. The monoisotopic (exact) mass is 579 g/mol. The number of likely N-dealkylation sites (tertiary alicyclic amines) is 1. The highest BCUT2D eigenvalue weighted by Gasteiger charge is 2.19. The molecule has 1 aliphatic heterocycles. The molecule has 1 aliphatic rings. The van der Waals surface area contributed by atoms with Crippen LogP contribution in [0, 0.1) is 5.82 Å². The van der Waals surface area contributed by atoms with Crippen molar-refractivity contribution in [1.29, 1.82) is 0 Å². The van der Waals surface area contributed by atoms with Gasteiger partial charge in [-0.15, -0.1) is 5.10 Å². The first kappa shape index (κ1) is 28.4. The van der Waals surface area contributed by atoms with Crippen molar-refractivity contribution in [3.8, 4) is 22.6 Å². The first-order valence-electron chi connectivity index (χ1n) is 14.4. The normalized spacial score (nSPS) is 14.1. The van der Waals surface area contributed by atoms with Crippen LogP contribution >= 0.6 is 0 Å². The van der Waals surface area contributed by atoms with Crippen LogP contribution in [0.25, 0.3) is 16.8 Å². The zero-order chi connectivity index (χ0) is 29.8. The second-order valence-electron chi connectivity index (χ2n) is 11.0. The molecule has 220 valence electrons. The van der Waals surface area contributed by atoms with Gasteiger partial charge in [0.25, 0.3) is 0 Å². The number of pyridine rings is 1. The average Bonchev–Trinajstić information content (AvgIpc) is 3.42. The van der Waals surface area contributed by atoms with E-state index < -0.39 is 0 Å². The predicted molar refractivity (Wildman–Crippen MR) is 165 cm³/mol. The maximum absolute atomic E-state index is 13.1. The number of anilines is 2. The third-order valence-electron chi connectivity index (χ3n) is 7.72. The summed E-state index contributed by atoms with van der Waals surface area (Å²) in [4.78, 5) is 19.5. The maximum Gasteiger partial charge on any atom is 0.247 e. The maximum atomic E-state index is 13.1. The second-order valence-corrected chi connectivity index (χ2v) is 11.0. The fraction of sp³-hybridized carbons (Fsp3) is 0.265. The van der Waals surface area contributed by atoms with E-state index in [0.717, 1.165) is 59.6 Å². The molecule has 5 aromatic rings. The smallest absolute Gasteiger partial charge is 0.247 e. The highest BCUT2D eigenvalue weighted by atomic mass is 19.1. The number of piperidine rings is 1. The first-order valence-corrected chi connectivity index (χ1v) is 14.4. The number of carbonyl (C=O) groups excluding carboxylic acids is 1. The van der Waals surface area contributed by atoms with Crippen LogP contribution in [-0.2, 0) is 17.6 Å². The number of hydrogen-bond acceptors (Lipinski definition) is 7. The molecule has 0 atom stereocenters. The third-order valence-corrected chi connectivity index (χ3v) is 7.72. The molecule has 0 radical (unpaired) electrons. The highest BCUT2D eigenvalue weighted by molar-refractivity contribution is 5.83. The molecule has 0 amide bonds. The van der Waals surface area contributed by atoms with Crippen LogP contribution in [0.15, 0.2) is 85.1 Å². The number of fused-ring (bicyclic) bond motifs is 1. The average molecular weight is 580 g/mol. The van der Waals surface area contributed by atoms with Crippen LogP contribution in [0.1, 0.15) is 24.0 Å². The zero-order valence-electron chi connectivity index (χ0n) is 24.3. The van der Waals surface area contributed by atoms with E-state index in [1.54, 1.807) is 23.8 Å². The number of halogens is 1. The van der Waals surface area contributed by atoms with Gasteiger partial charge < -0.3 is 19.7 Å². The van der Waals surface area contributed by atoms with Gasteiger partial charge in [0, 0.05) is 43.8 Å². The van der Waals surface area contributed by atoms with Crippen molar-refractivity contribution in [2.24, 2.45) is 0 Å². The van der Waals surface area contributed by atoms with Crippen LogP contribution in [0.5, 0.6) is 11.5 Å². The second kappa shape index (κ2) is 12.6. The van der Waals surface area contributed by atoms with E-state index in [9.17, 15) is 9.18 Å². The molecule has 1 fully saturated rings. The molecular weight excluding hydrogens is 545 g/mol. The van der Waals surface area contributed by atoms with Crippen molar-refractivity contribution in [2.45, 2.75) is 31.8 Å². The quantitative estimate of drug-likeness (QED) is 0.214. The lowest BCUT2D eigenvalue weighted by molar-refractivity contribution is -0.117. The summed E-state index contributed by atoms with van der Waals surface area (Å²) < 4.78 is 26.7. The molecule has 43 heavy (non-hydrogen) atoms. The van der Waals surface area contributed by atoms with Gasteiger partial charge in [-0.25, -0.2) is 8.91 Å². The van der Waals surface area contributed by atoms with E-state index in [-0.39, 0.29) is 24.1 Å². The van der Waals surface area contributed by atoms with E-state index in [4.69, 9.17) is 9.47 Å². The van der Waals surface area contributed by atoms with Crippen molar-refractivity contribution in [2.75, 3.05) is 32.6 Å². The van der Waals surface area contributed by atoms with E-state index in [0.29, 0.717) is 23.8 Å². The Labute approximate surface area is 250 Å². The molecule has 2 aromatic heterocycles. The van der Waals surface area contributed by atoms with E-state index in [2.05, 4.69) is 27.3 Å². The lowest BCUT2D eigenvalue weighted by Gasteiger charge is -2.29. The Bertz CT molecular complexity index is 1710. The number of ketones is 1. The molecule has 0 saturated carbocycles. The number of benzene rings is 3. The van der Waals surface area contributed by atoms with Gasteiger partial charge in [-0.2, -0.15) is 4.98 Å². The van der Waals surface area contributed by atoms with Crippen molar-refractivity contribution >= 4 is 23.1 Å². The minimum atomic E-state index is -0.303. The Kier molecular flexibility index (Phi) is 8.33. The largest absolute Gasteiger partial charge is 0.494 e. The van der Waals surface area contributed by atoms with Gasteiger partial charge in [-0.1, -0.05) is 36.4 Å². The molecule has 0 aliphatic carbocycles. The van der Waals surface area contributed by atoms with Crippen LogP contribution in [0.4, 0.5) is 16.0 Å². The Morgan fingerprint density at radius 2 is 1.60 bits per heavy atom. The number of ether oxygens (including phenoxy) is 2. The summed E-state index contributed by atoms with van der Waals surface area (Å²) in [6, 6.07) is 23.7. The predicted octanol–water partition coefficient (Wildman–Crippen LogP) is 6.11. The lowest BCUT2D eigenvalue weighted by atomic mass is 10.0. The molecule has 0 bridgehead atoms. The van der Waals surface area contributed by atoms with Gasteiger partial charge in [0.2, 0.25) is 5.95 Å². The molecule has 1 saturated heterocycles. The SMILES string of the molecule is COc1cc(OC2CCN(C)CC2)ccc1Nc1nc2ccc(-c3ccc(CC(=O)Cc4ccc(F)cc4)cc3)cn2n1. The van der Waals surface area contributed by atoms with Crippen LogP contribution in [0.2, 0.25) is 0 Å². The summed E-state index contributed by atoms with van der Waals surface area (Å²) in [7, 11) is 3.77. The zero-order valence-corrected chi connectivity index (χ0v) is 24.3. The van der Waals surface area contributed by atoms with E-state index in [1.807, 2.05) is 60.8 Å². The van der Waals surface area contributed by atoms with E-state index >= 15 is 0 Å². The topological polar surface area (TPSA) is 81.0 Å². The Balaban J connectivity index is 1.10. The summed E-state index contributed by atoms with van der Waals surface area (Å²) in [5.74, 6) is 1.67. The summed E-state index contributed by atoms with van der Waals surface area (Å²) in [6.45, 7) is 2.07. The molecular formula is C34H34FN5O3. The number of carbonyl (C=O) groups is 1. The van der Waals surface area contributed by atoms with Gasteiger partial charge in [0.05, 0.1) is 12.8 Å². The molecule has 0 unspecified atom stereocenters. The van der Waals surface area contributed by atoms with Gasteiger partial charge in [0.1, 0.15) is 29.2 Å². The minimum Gasteiger partial charge on any atom is -0.494 e. The Morgan fingerprint density at radius 1 is 0.930 bits per heavy atom. The molecule has 8 nitrogen and oxygen atoms in total. The van der Waals surface area contributed by atoms with Gasteiger partial charge in [0.15, 0.2) is 5.65 Å². The molecule has 1 N–H and O–H groups in total. The van der Waals surface area contributed by atoms with Crippen molar-refractivity contribution < 1.29 is 18.7 Å². The number of aromatic nitrogens is 3. The summed E-state index contributed by atoms with van der Waals surface area (Å²) in [5.41, 5.74) is 5.17. The van der Waals surface area contributed by atoms with Crippen LogP contribution in [0.3, 0.4) is 0 Å². The molecule has 6 rings (SSSR count). The van der Waals surface area contributed by atoms with Gasteiger partial charge >= 0.3 is 0 Å². The standard InChI is InChI=1S/C34H34FN5O3/c1-39-17-15-29(16-18-39)43-30-12-13-31(32(21-30)42-2)36-34-37-33-14-9-26(22-40(33)38-34)25-7-3-23(4-8-25)19-28(41)20-24-5-10-27(35)11-6-24/h3-14,21-22,29H,15-20H2,1-2H3,(H,36,38). The Hall–Kier alpha value is -4.76. The van der Waals surface area contributed by atoms with Crippen molar-refractivity contribution in [3.05, 3.63) is 102 Å². The van der Waals surface area contributed by atoms with Gasteiger partial charge in [-0.3, -0.25) is 4.79 Å². The van der Waals surface area contributed by atoms with E-state index in [1.165, 1.54) is 12.1 Å². The van der Waals surface area contributed by atoms with Crippen LogP contribution in [-0.4, -0.2) is 58.6 Å². The number of rotatable bonds is 10. The fourth-order valence-corrected chi connectivity index (χ4v) is 5.31. The summed E-state index contributed by atoms with van der Waals surface area (Å²) >= 11 is 0. The molecule has 9 heteroatoms. The fourth-order valence-electron chi connectivity index (χ4n) is 5.31. The number of hydrogen-bond donors (Lipinski definition) is 1. The number of nitrogens with zero attached hydrogens (tertiary/aromatic N) is 4. The van der Waals surface area contributed by atoms with Crippen molar-refractivity contribution in [1.82, 2.24) is 19.5 Å². The first-order chi connectivity index (χ1) is 20.9. The molecule has 3 aromatic carbocycles. The minimum absolute atomic E-state index is 0.0828. The van der Waals surface area contributed by atoms with Crippen LogP contribution < -0.4 is 14.8 Å². The number of nitrogens with one attached hydrogen (secondary N) is 1. The Morgan fingerprint density at radius 3 is 2.30 bits per heavy atom. The molecule has 3 heterocycles. The number of Topliss-reactive ketones (excluding diaryl/α,β-unsaturated/α-hetero) is 1. The number of methoxy groups -OCH3 is 1. The summed E-state index contributed by atoms with van der Waals surface area (Å²) in [5, 5.41) is 7.90. The highest BCUT2D eigenvalue weighted by Crippen LogP contribution is 2.32. The van der Waals surface area contributed by atoms with Crippen molar-refractivity contribution in [3.63, 3.8) is 0 Å². The third kappa shape index (κ3) is 7.01.